The van der Waals surface area contributed by atoms with E-state index in [0.717, 1.165) is 24.2 Å². The summed E-state index contributed by atoms with van der Waals surface area (Å²) in [6.07, 6.45) is 2.50. The molecule has 22 heavy (non-hydrogen) atoms. The summed E-state index contributed by atoms with van der Waals surface area (Å²) in [5.41, 5.74) is 3.05. The van der Waals surface area contributed by atoms with E-state index in [4.69, 9.17) is 0 Å². The summed E-state index contributed by atoms with van der Waals surface area (Å²) in [6.45, 7) is 2.34. The first-order valence-corrected chi connectivity index (χ1v) is 7.50. The molecule has 3 rings (SSSR count). The number of piperidine rings is 1. The van der Waals surface area contributed by atoms with Crippen molar-refractivity contribution in [2.75, 3.05) is 13.1 Å². The number of nitrogens with zero attached hydrogens (tertiary/aromatic N) is 1. The van der Waals surface area contributed by atoms with Crippen molar-refractivity contribution in [1.82, 2.24) is 4.90 Å². The maximum absolute atomic E-state index is 12.1. The van der Waals surface area contributed by atoms with Crippen molar-refractivity contribution in [3.8, 4) is 5.75 Å². The number of phenolic OH excluding ortho intramolecular Hbond substituents is 1. The number of aromatic hydroxyl groups is 1. The fraction of sp³-hybridized carbons (Fsp3) is 0.211. The Labute approximate surface area is 130 Å². The standard InChI is InChI=1S/C19H19NO2/c21-18-8-6-15(7-9-18)12-17-14-20(11-10-19(17)22)13-16-4-2-1-3-5-16/h1-9,12,21H,10-11,13-14H2/b17-12+. The van der Waals surface area contributed by atoms with Gasteiger partial charge in [-0.05, 0) is 29.3 Å². The maximum Gasteiger partial charge on any atom is 0.161 e. The van der Waals surface area contributed by atoms with Crippen molar-refractivity contribution < 1.29 is 9.90 Å². The lowest BCUT2D eigenvalue weighted by molar-refractivity contribution is -0.117. The van der Waals surface area contributed by atoms with Gasteiger partial charge in [-0.1, -0.05) is 42.5 Å². The molecule has 0 saturated carbocycles. The molecular formula is C19H19NO2. The van der Waals surface area contributed by atoms with Gasteiger partial charge < -0.3 is 5.11 Å². The zero-order valence-electron chi connectivity index (χ0n) is 12.4. The molecule has 3 nitrogen and oxygen atoms in total. The van der Waals surface area contributed by atoms with Crippen LogP contribution in [-0.4, -0.2) is 28.9 Å². The highest BCUT2D eigenvalue weighted by Crippen LogP contribution is 2.19. The van der Waals surface area contributed by atoms with Crippen LogP contribution >= 0.6 is 0 Å². The van der Waals surface area contributed by atoms with E-state index in [2.05, 4.69) is 17.0 Å². The Bertz CT molecular complexity index is 674. The van der Waals surface area contributed by atoms with Crippen LogP contribution in [0.3, 0.4) is 0 Å². The summed E-state index contributed by atoms with van der Waals surface area (Å²) in [4.78, 5) is 14.4. The Hall–Kier alpha value is -2.39. The van der Waals surface area contributed by atoms with Gasteiger partial charge in [0.05, 0.1) is 0 Å². The number of benzene rings is 2. The molecule has 0 atom stereocenters. The largest absolute Gasteiger partial charge is 0.508 e. The maximum atomic E-state index is 12.1. The van der Waals surface area contributed by atoms with Crippen LogP contribution in [-0.2, 0) is 11.3 Å². The molecule has 0 aliphatic carbocycles. The molecule has 0 spiro atoms. The molecule has 0 aromatic heterocycles. The van der Waals surface area contributed by atoms with Crippen molar-refractivity contribution in [1.29, 1.82) is 0 Å². The molecule has 0 bridgehead atoms. The monoisotopic (exact) mass is 293 g/mol. The summed E-state index contributed by atoms with van der Waals surface area (Å²) >= 11 is 0. The molecular weight excluding hydrogens is 274 g/mol. The number of carbonyl (C=O) groups is 1. The number of hydrogen-bond acceptors (Lipinski definition) is 3. The Morgan fingerprint density at radius 2 is 1.77 bits per heavy atom. The minimum atomic E-state index is 0.220. The third kappa shape index (κ3) is 3.62. The lowest BCUT2D eigenvalue weighted by atomic mass is 10.00. The predicted molar refractivity (Wildman–Crippen MR) is 87.4 cm³/mol. The van der Waals surface area contributed by atoms with E-state index >= 15 is 0 Å². The Morgan fingerprint density at radius 1 is 1.05 bits per heavy atom. The van der Waals surface area contributed by atoms with Gasteiger partial charge in [0.1, 0.15) is 5.75 Å². The Balaban J connectivity index is 1.73. The quantitative estimate of drug-likeness (QED) is 0.883. The van der Waals surface area contributed by atoms with E-state index in [0.29, 0.717) is 13.0 Å². The summed E-state index contributed by atoms with van der Waals surface area (Å²) < 4.78 is 0. The highest BCUT2D eigenvalue weighted by molar-refractivity contribution is 6.00. The molecule has 0 radical (unpaired) electrons. The first kappa shape index (κ1) is 14.5. The average Bonchev–Trinajstić information content (AvgIpc) is 2.54. The molecule has 0 amide bonds. The number of likely N-dealkylation sites (tertiary alicyclic amines) is 1. The molecule has 1 fully saturated rings. The second-order valence-electron chi connectivity index (χ2n) is 5.63. The zero-order valence-corrected chi connectivity index (χ0v) is 12.4. The predicted octanol–water partition coefficient (Wildman–Crippen LogP) is 3.25. The van der Waals surface area contributed by atoms with Crippen LogP contribution in [0.15, 0.2) is 60.2 Å². The molecule has 1 aliphatic heterocycles. The van der Waals surface area contributed by atoms with Gasteiger partial charge in [0.25, 0.3) is 0 Å². The third-order valence-corrected chi connectivity index (χ3v) is 3.89. The average molecular weight is 293 g/mol. The smallest absolute Gasteiger partial charge is 0.161 e. The molecule has 0 unspecified atom stereocenters. The lowest BCUT2D eigenvalue weighted by Crippen LogP contribution is -2.35. The molecule has 2 aromatic carbocycles. The van der Waals surface area contributed by atoms with Gasteiger partial charge in [0.15, 0.2) is 5.78 Å². The molecule has 1 aliphatic rings. The fourth-order valence-corrected chi connectivity index (χ4v) is 2.70. The van der Waals surface area contributed by atoms with E-state index in [9.17, 15) is 9.90 Å². The van der Waals surface area contributed by atoms with Crippen LogP contribution in [0.2, 0.25) is 0 Å². The summed E-state index contributed by atoms with van der Waals surface area (Å²) in [5, 5.41) is 9.32. The van der Waals surface area contributed by atoms with Gasteiger partial charge in [0.2, 0.25) is 0 Å². The molecule has 2 aromatic rings. The number of ketones is 1. The SMILES string of the molecule is O=C1CCN(Cc2ccccc2)C/C1=C\c1ccc(O)cc1. The van der Waals surface area contributed by atoms with Crippen LogP contribution in [0.1, 0.15) is 17.5 Å². The summed E-state index contributed by atoms with van der Waals surface area (Å²) in [7, 11) is 0. The normalized spacial score (nSPS) is 17.8. The Morgan fingerprint density at radius 3 is 2.50 bits per heavy atom. The second-order valence-corrected chi connectivity index (χ2v) is 5.63. The second kappa shape index (κ2) is 6.58. The van der Waals surface area contributed by atoms with Crippen LogP contribution in [0, 0.1) is 0 Å². The van der Waals surface area contributed by atoms with E-state index in [1.54, 1.807) is 12.1 Å². The van der Waals surface area contributed by atoms with Gasteiger partial charge in [-0.15, -0.1) is 0 Å². The molecule has 1 heterocycles. The van der Waals surface area contributed by atoms with E-state index in [1.165, 1.54) is 5.56 Å². The van der Waals surface area contributed by atoms with E-state index in [1.807, 2.05) is 36.4 Å². The zero-order chi connectivity index (χ0) is 15.4. The molecule has 1 N–H and O–H groups in total. The van der Waals surface area contributed by atoms with Gasteiger partial charge in [-0.25, -0.2) is 0 Å². The highest BCUT2D eigenvalue weighted by atomic mass is 16.3. The first-order chi connectivity index (χ1) is 10.7. The van der Waals surface area contributed by atoms with Gasteiger partial charge in [-0.2, -0.15) is 0 Å². The summed E-state index contributed by atoms with van der Waals surface area (Å²) in [5.74, 6) is 0.459. The van der Waals surface area contributed by atoms with E-state index in [-0.39, 0.29) is 11.5 Å². The fourth-order valence-electron chi connectivity index (χ4n) is 2.70. The lowest BCUT2D eigenvalue weighted by Gasteiger charge is -2.27. The number of rotatable bonds is 3. The van der Waals surface area contributed by atoms with Crippen molar-refractivity contribution in [3.63, 3.8) is 0 Å². The van der Waals surface area contributed by atoms with Crippen LogP contribution in [0.5, 0.6) is 5.75 Å². The van der Waals surface area contributed by atoms with Crippen LogP contribution in [0.25, 0.3) is 6.08 Å². The van der Waals surface area contributed by atoms with Crippen molar-refractivity contribution in [3.05, 3.63) is 71.3 Å². The van der Waals surface area contributed by atoms with Crippen molar-refractivity contribution in [2.45, 2.75) is 13.0 Å². The molecule has 3 heteroatoms. The third-order valence-electron chi connectivity index (χ3n) is 3.89. The Kier molecular flexibility index (Phi) is 4.35. The molecule has 112 valence electrons. The van der Waals surface area contributed by atoms with Gasteiger partial charge in [-0.3, -0.25) is 9.69 Å². The minimum Gasteiger partial charge on any atom is -0.508 e. The van der Waals surface area contributed by atoms with Crippen molar-refractivity contribution in [2.24, 2.45) is 0 Å². The number of Topliss-reactive ketones (excluding diaryl/α,β-unsaturated/α-hetero) is 1. The molecule has 1 saturated heterocycles. The van der Waals surface area contributed by atoms with Gasteiger partial charge in [0, 0.05) is 31.6 Å². The highest BCUT2D eigenvalue weighted by Gasteiger charge is 2.21. The first-order valence-electron chi connectivity index (χ1n) is 7.50. The number of carbonyl (C=O) groups excluding carboxylic acids is 1. The summed E-state index contributed by atoms with van der Waals surface area (Å²) in [6, 6.07) is 17.2. The van der Waals surface area contributed by atoms with E-state index < -0.39 is 0 Å². The van der Waals surface area contributed by atoms with Crippen molar-refractivity contribution >= 4 is 11.9 Å². The topological polar surface area (TPSA) is 40.5 Å². The minimum absolute atomic E-state index is 0.220. The van der Waals surface area contributed by atoms with Crippen LogP contribution < -0.4 is 0 Å². The van der Waals surface area contributed by atoms with Gasteiger partial charge >= 0.3 is 0 Å². The van der Waals surface area contributed by atoms with Crippen LogP contribution in [0.4, 0.5) is 0 Å². The number of phenols is 1. The number of hydrogen-bond donors (Lipinski definition) is 1.